The van der Waals surface area contributed by atoms with Gasteiger partial charge in [0.25, 0.3) is 0 Å². The Morgan fingerprint density at radius 3 is 2.76 bits per heavy atom. The Hall–Kier alpha value is -2.30. The molecule has 1 aliphatic heterocycles. The Labute approximate surface area is 148 Å². The highest BCUT2D eigenvalue weighted by molar-refractivity contribution is 5.79. The molecule has 0 spiro atoms. The van der Waals surface area contributed by atoms with E-state index in [1.54, 1.807) is 12.1 Å². The van der Waals surface area contributed by atoms with Crippen molar-refractivity contribution in [1.82, 2.24) is 14.5 Å². The monoisotopic (exact) mass is 339 g/mol. The Bertz CT molecular complexity index is 734. The number of rotatable bonds is 5. The molecule has 1 amide bonds. The van der Waals surface area contributed by atoms with Crippen molar-refractivity contribution < 1.29 is 9.90 Å². The van der Waals surface area contributed by atoms with Gasteiger partial charge in [-0.2, -0.15) is 0 Å². The number of benzene rings is 1. The number of likely N-dealkylation sites (tertiary alicyclic amines) is 1. The predicted octanol–water partition coefficient (Wildman–Crippen LogP) is 2.95. The first-order valence-electron chi connectivity index (χ1n) is 9.26. The van der Waals surface area contributed by atoms with Crippen LogP contribution in [0.25, 0.3) is 0 Å². The number of hydrogen-bond donors (Lipinski definition) is 1. The zero-order valence-electron chi connectivity index (χ0n) is 14.5. The summed E-state index contributed by atoms with van der Waals surface area (Å²) < 4.78 is 2.30. The minimum atomic E-state index is 0.163. The van der Waals surface area contributed by atoms with Gasteiger partial charge in [0.15, 0.2) is 0 Å². The summed E-state index contributed by atoms with van der Waals surface area (Å²) in [5.74, 6) is 2.71. The van der Waals surface area contributed by atoms with Crippen LogP contribution in [-0.4, -0.2) is 38.6 Å². The number of hydrogen-bond acceptors (Lipinski definition) is 3. The topological polar surface area (TPSA) is 58.4 Å². The fraction of sp³-hybridized carbons (Fsp3) is 0.500. The summed E-state index contributed by atoms with van der Waals surface area (Å²) in [4.78, 5) is 19.3. The van der Waals surface area contributed by atoms with Crippen LogP contribution in [0.15, 0.2) is 36.7 Å². The molecule has 1 aromatic carbocycles. The normalized spacial score (nSPS) is 20.6. The van der Waals surface area contributed by atoms with Crippen molar-refractivity contribution in [2.45, 2.75) is 44.6 Å². The first kappa shape index (κ1) is 16.2. The maximum absolute atomic E-state index is 12.7. The highest BCUT2D eigenvalue weighted by Crippen LogP contribution is 2.33. The lowest BCUT2D eigenvalue weighted by Gasteiger charge is -2.33. The predicted molar refractivity (Wildman–Crippen MR) is 95.3 cm³/mol. The number of nitrogens with zero attached hydrogens (tertiary/aromatic N) is 3. The summed E-state index contributed by atoms with van der Waals surface area (Å²) >= 11 is 0. The van der Waals surface area contributed by atoms with Gasteiger partial charge in [-0.05, 0) is 49.3 Å². The molecule has 1 saturated heterocycles. The van der Waals surface area contributed by atoms with Crippen molar-refractivity contribution in [3.8, 4) is 5.75 Å². The third-order valence-corrected chi connectivity index (χ3v) is 5.33. The molecular weight excluding hydrogens is 314 g/mol. The van der Waals surface area contributed by atoms with Crippen LogP contribution in [0.1, 0.15) is 43.0 Å². The van der Waals surface area contributed by atoms with Crippen molar-refractivity contribution in [2.75, 3.05) is 13.1 Å². The summed E-state index contributed by atoms with van der Waals surface area (Å²) in [6.07, 6.45) is 9.18. The van der Waals surface area contributed by atoms with E-state index < -0.39 is 0 Å². The van der Waals surface area contributed by atoms with Gasteiger partial charge in [0.1, 0.15) is 11.6 Å². The molecule has 132 valence electrons. The molecule has 1 aliphatic carbocycles. The van der Waals surface area contributed by atoms with Crippen LogP contribution in [0.3, 0.4) is 0 Å². The maximum Gasteiger partial charge on any atom is 0.227 e. The molecule has 1 saturated carbocycles. The Morgan fingerprint density at radius 1 is 1.20 bits per heavy atom. The van der Waals surface area contributed by atoms with Gasteiger partial charge >= 0.3 is 0 Å². The molecule has 0 unspecified atom stereocenters. The molecule has 0 bridgehead atoms. The zero-order valence-corrected chi connectivity index (χ0v) is 14.5. The van der Waals surface area contributed by atoms with Gasteiger partial charge in [0.2, 0.25) is 5.91 Å². The summed E-state index contributed by atoms with van der Waals surface area (Å²) in [5.41, 5.74) is 0.945. The van der Waals surface area contributed by atoms with Crippen LogP contribution >= 0.6 is 0 Å². The number of piperidine rings is 1. The van der Waals surface area contributed by atoms with Gasteiger partial charge < -0.3 is 14.6 Å². The maximum atomic E-state index is 12.7. The van der Waals surface area contributed by atoms with Crippen molar-refractivity contribution in [3.05, 3.63) is 48.0 Å². The second-order valence-electron chi connectivity index (χ2n) is 7.40. The van der Waals surface area contributed by atoms with E-state index >= 15 is 0 Å². The quantitative estimate of drug-likeness (QED) is 0.911. The number of carbonyl (C=O) groups excluding carboxylic acids is 1. The number of aromatic nitrogens is 2. The summed E-state index contributed by atoms with van der Waals surface area (Å²) in [6.45, 7) is 2.67. The zero-order chi connectivity index (χ0) is 17.2. The van der Waals surface area contributed by atoms with Gasteiger partial charge in [-0.15, -0.1) is 0 Å². The van der Waals surface area contributed by atoms with Crippen LogP contribution in [0.5, 0.6) is 5.75 Å². The summed E-state index contributed by atoms with van der Waals surface area (Å²) in [7, 11) is 0. The van der Waals surface area contributed by atoms with Crippen molar-refractivity contribution in [1.29, 1.82) is 0 Å². The number of phenolic OH excluding ortho intramolecular Hbond substituents is 1. The molecule has 1 aromatic heterocycles. The summed E-state index contributed by atoms with van der Waals surface area (Å²) in [6, 6.07) is 6.90. The molecule has 5 nitrogen and oxygen atoms in total. The Kier molecular flexibility index (Phi) is 4.47. The molecule has 0 radical (unpaired) electrons. The lowest BCUT2D eigenvalue weighted by molar-refractivity contribution is -0.131. The van der Waals surface area contributed by atoms with Crippen molar-refractivity contribution in [3.63, 3.8) is 0 Å². The molecule has 4 rings (SSSR count). The molecule has 2 fully saturated rings. The van der Waals surface area contributed by atoms with E-state index in [1.807, 2.05) is 23.2 Å². The molecule has 5 heteroatoms. The molecule has 25 heavy (non-hydrogen) atoms. The SMILES string of the molecule is O=C(Cc1ccc(O)cc1)N1CCC[C@@H](c2nccn2CC2CC2)C1. The Balaban J connectivity index is 1.41. The number of imidazole rings is 1. The standard InChI is InChI=1S/C20H25N3O2/c24-18-7-5-15(6-8-18)12-19(25)22-10-1-2-17(14-22)20-21-9-11-23(20)13-16-3-4-16/h5-9,11,16-17,24H,1-4,10,12-14H2/t17-/m1/s1. The van der Waals surface area contributed by atoms with Crippen molar-refractivity contribution >= 4 is 5.91 Å². The second kappa shape index (κ2) is 6.90. The van der Waals surface area contributed by atoms with Crippen LogP contribution in [0, 0.1) is 5.92 Å². The average Bonchev–Trinajstić information content (AvgIpc) is 3.32. The van der Waals surface area contributed by atoms with Gasteiger partial charge in [-0.25, -0.2) is 4.98 Å². The molecule has 2 aliphatic rings. The van der Waals surface area contributed by atoms with Gasteiger partial charge in [0.05, 0.1) is 6.42 Å². The number of aromatic hydroxyl groups is 1. The van der Waals surface area contributed by atoms with E-state index in [0.29, 0.717) is 12.3 Å². The van der Waals surface area contributed by atoms with Gasteiger partial charge in [-0.3, -0.25) is 4.79 Å². The number of carbonyl (C=O) groups is 1. The first-order chi connectivity index (χ1) is 12.2. The number of phenols is 1. The van der Waals surface area contributed by atoms with E-state index in [1.165, 1.54) is 12.8 Å². The Morgan fingerprint density at radius 2 is 2.00 bits per heavy atom. The van der Waals surface area contributed by atoms with E-state index in [-0.39, 0.29) is 11.7 Å². The molecule has 1 N–H and O–H groups in total. The largest absolute Gasteiger partial charge is 0.508 e. The lowest BCUT2D eigenvalue weighted by atomic mass is 9.96. The van der Waals surface area contributed by atoms with E-state index in [2.05, 4.69) is 15.7 Å². The number of amides is 1. The summed E-state index contributed by atoms with van der Waals surface area (Å²) in [5, 5.41) is 9.37. The highest BCUT2D eigenvalue weighted by Gasteiger charge is 2.29. The van der Waals surface area contributed by atoms with Crippen LogP contribution < -0.4 is 0 Å². The average molecular weight is 339 g/mol. The molecular formula is C20H25N3O2. The third-order valence-electron chi connectivity index (χ3n) is 5.33. The minimum Gasteiger partial charge on any atom is -0.508 e. The van der Waals surface area contributed by atoms with Gasteiger partial charge in [-0.1, -0.05) is 12.1 Å². The lowest BCUT2D eigenvalue weighted by Crippen LogP contribution is -2.40. The molecule has 1 atom stereocenters. The minimum absolute atomic E-state index is 0.163. The van der Waals surface area contributed by atoms with E-state index in [0.717, 1.165) is 49.8 Å². The fourth-order valence-corrected chi connectivity index (χ4v) is 3.73. The molecule has 2 aromatic rings. The van der Waals surface area contributed by atoms with E-state index in [4.69, 9.17) is 0 Å². The first-order valence-corrected chi connectivity index (χ1v) is 9.26. The molecule has 2 heterocycles. The van der Waals surface area contributed by atoms with Gasteiger partial charge in [0, 0.05) is 37.9 Å². The van der Waals surface area contributed by atoms with Crippen LogP contribution in [0.4, 0.5) is 0 Å². The van der Waals surface area contributed by atoms with Crippen LogP contribution in [-0.2, 0) is 17.8 Å². The van der Waals surface area contributed by atoms with Crippen LogP contribution in [0.2, 0.25) is 0 Å². The van der Waals surface area contributed by atoms with E-state index in [9.17, 15) is 9.90 Å². The third kappa shape index (κ3) is 3.86. The smallest absolute Gasteiger partial charge is 0.227 e. The van der Waals surface area contributed by atoms with Crippen molar-refractivity contribution in [2.24, 2.45) is 5.92 Å². The fourth-order valence-electron chi connectivity index (χ4n) is 3.73. The highest BCUT2D eigenvalue weighted by atomic mass is 16.3. The second-order valence-corrected chi connectivity index (χ2v) is 7.40.